The number of benzene rings is 1. The first kappa shape index (κ1) is 17.5. The zero-order valence-electron chi connectivity index (χ0n) is 12.0. The first-order valence-electron chi connectivity index (χ1n) is 6.58. The van der Waals surface area contributed by atoms with E-state index in [2.05, 4.69) is 0 Å². The Labute approximate surface area is 139 Å². The van der Waals surface area contributed by atoms with Crippen LogP contribution in [0, 0.1) is 0 Å². The van der Waals surface area contributed by atoms with Crippen LogP contribution >= 0.6 is 23.2 Å². The van der Waals surface area contributed by atoms with E-state index < -0.39 is 10.0 Å². The van der Waals surface area contributed by atoms with Crippen LogP contribution in [0.5, 0.6) is 0 Å². The molecule has 0 saturated carbocycles. The Hall–Kier alpha value is -0.860. The zero-order valence-corrected chi connectivity index (χ0v) is 14.3. The minimum Gasteiger partial charge on any atom is -0.375 e. The Morgan fingerprint density at radius 3 is 2.45 bits per heavy atom. The van der Waals surface area contributed by atoms with Crippen LogP contribution in [-0.2, 0) is 19.6 Å². The normalized spacial score (nSPS) is 16.8. The molecule has 1 fully saturated rings. The summed E-state index contributed by atoms with van der Waals surface area (Å²) in [4.78, 5) is 13.3. The highest BCUT2D eigenvalue weighted by Gasteiger charge is 2.31. The van der Waals surface area contributed by atoms with Crippen molar-refractivity contribution < 1.29 is 17.9 Å². The van der Waals surface area contributed by atoms with Gasteiger partial charge in [-0.15, -0.1) is 0 Å². The van der Waals surface area contributed by atoms with Crippen LogP contribution in [0.15, 0.2) is 23.1 Å². The topological polar surface area (TPSA) is 66.9 Å². The summed E-state index contributed by atoms with van der Waals surface area (Å²) in [5.74, 6) is -0.152. The van der Waals surface area contributed by atoms with Crippen molar-refractivity contribution in [3.05, 3.63) is 28.2 Å². The summed E-state index contributed by atoms with van der Waals surface area (Å²) in [5, 5.41) is 0.430. The predicted octanol–water partition coefficient (Wildman–Crippen LogP) is 1.47. The Morgan fingerprint density at radius 2 is 1.86 bits per heavy atom. The van der Waals surface area contributed by atoms with Gasteiger partial charge in [0.15, 0.2) is 0 Å². The van der Waals surface area contributed by atoms with Gasteiger partial charge in [0.2, 0.25) is 15.9 Å². The molecule has 1 amide bonds. The highest BCUT2D eigenvalue weighted by molar-refractivity contribution is 7.89. The molecule has 6 nitrogen and oxygen atoms in total. The molecule has 9 heteroatoms. The number of hydrogen-bond acceptors (Lipinski definition) is 4. The van der Waals surface area contributed by atoms with Gasteiger partial charge in [0.05, 0.1) is 5.02 Å². The fourth-order valence-corrected chi connectivity index (χ4v) is 4.37. The largest absolute Gasteiger partial charge is 0.375 e. The van der Waals surface area contributed by atoms with Gasteiger partial charge in [0.1, 0.15) is 11.5 Å². The van der Waals surface area contributed by atoms with Crippen LogP contribution in [0.4, 0.5) is 0 Å². The van der Waals surface area contributed by atoms with Gasteiger partial charge in [-0.2, -0.15) is 4.31 Å². The molecule has 0 N–H and O–H groups in total. The first-order chi connectivity index (χ1) is 10.4. The van der Waals surface area contributed by atoms with Gasteiger partial charge in [-0.3, -0.25) is 4.79 Å². The van der Waals surface area contributed by atoms with Crippen molar-refractivity contribution in [2.75, 3.05) is 39.9 Å². The average Bonchev–Trinajstić information content (AvgIpc) is 2.50. The molecule has 1 aromatic carbocycles. The maximum Gasteiger partial charge on any atom is 0.248 e. The van der Waals surface area contributed by atoms with Crippen LogP contribution in [-0.4, -0.2) is 63.4 Å². The summed E-state index contributed by atoms with van der Waals surface area (Å²) in [6.45, 7) is 1.05. The predicted molar refractivity (Wildman–Crippen MR) is 83.7 cm³/mol. The number of carbonyl (C=O) groups is 1. The number of methoxy groups -OCH3 is 1. The summed E-state index contributed by atoms with van der Waals surface area (Å²) >= 11 is 11.8. The van der Waals surface area contributed by atoms with Crippen molar-refractivity contribution in [1.29, 1.82) is 0 Å². The zero-order chi connectivity index (χ0) is 16.3. The van der Waals surface area contributed by atoms with E-state index in [4.69, 9.17) is 27.9 Å². The van der Waals surface area contributed by atoms with Gasteiger partial charge in [-0.25, -0.2) is 8.42 Å². The molecule has 1 aliphatic heterocycles. The number of piperazine rings is 1. The van der Waals surface area contributed by atoms with Crippen molar-refractivity contribution in [1.82, 2.24) is 9.21 Å². The van der Waals surface area contributed by atoms with E-state index >= 15 is 0 Å². The molecule has 1 heterocycles. The average molecular weight is 367 g/mol. The number of ether oxygens (including phenoxy) is 1. The van der Waals surface area contributed by atoms with Gasteiger partial charge in [0.25, 0.3) is 0 Å². The van der Waals surface area contributed by atoms with Crippen LogP contribution in [0.2, 0.25) is 10.0 Å². The standard InChI is InChI=1S/C13H16Cl2N2O4S/c1-21-9-13(18)16-4-6-17(7-5-16)22(19,20)12-8-10(14)2-3-11(12)15/h2-3,8H,4-7,9H2,1H3. The Kier molecular flexibility index (Phi) is 5.68. The van der Waals surface area contributed by atoms with E-state index in [1.54, 1.807) is 4.90 Å². The van der Waals surface area contributed by atoms with Gasteiger partial charge >= 0.3 is 0 Å². The first-order valence-corrected chi connectivity index (χ1v) is 8.78. The van der Waals surface area contributed by atoms with Gasteiger partial charge in [0, 0.05) is 38.3 Å². The number of halogens is 2. The van der Waals surface area contributed by atoms with E-state index in [-0.39, 0.29) is 35.5 Å². The second kappa shape index (κ2) is 7.14. The molecular weight excluding hydrogens is 351 g/mol. The third-order valence-electron chi connectivity index (χ3n) is 3.37. The summed E-state index contributed by atoms with van der Waals surface area (Å²) in [6, 6.07) is 4.32. The van der Waals surface area contributed by atoms with Gasteiger partial charge < -0.3 is 9.64 Å². The Bertz CT molecular complexity index is 658. The van der Waals surface area contributed by atoms with Crippen molar-refractivity contribution in [3.63, 3.8) is 0 Å². The van der Waals surface area contributed by atoms with E-state index in [0.29, 0.717) is 18.1 Å². The van der Waals surface area contributed by atoms with Gasteiger partial charge in [-0.05, 0) is 18.2 Å². The number of carbonyl (C=O) groups excluding carboxylic acids is 1. The van der Waals surface area contributed by atoms with Crippen LogP contribution in [0.1, 0.15) is 0 Å². The minimum absolute atomic E-state index is 0.00707. The second-order valence-electron chi connectivity index (χ2n) is 4.79. The molecule has 22 heavy (non-hydrogen) atoms. The quantitative estimate of drug-likeness (QED) is 0.809. The molecule has 0 spiro atoms. The number of rotatable bonds is 4. The molecule has 0 unspecified atom stereocenters. The molecular formula is C13H16Cl2N2O4S. The molecule has 0 radical (unpaired) electrons. The van der Waals surface area contributed by atoms with E-state index in [1.165, 1.54) is 29.6 Å². The second-order valence-corrected chi connectivity index (χ2v) is 7.54. The lowest BCUT2D eigenvalue weighted by Gasteiger charge is -2.34. The number of nitrogens with zero attached hydrogens (tertiary/aromatic N) is 2. The molecule has 0 atom stereocenters. The SMILES string of the molecule is COCC(=O)N1CCN(S(=O)(=O)c2cc(Cl)ccc2Cl)CC1. The smallest absolute Gasteiger partial charge is 0.248 e. The minimum atomic E-state index is -3.73. The summed E-state index contributed by atoms with van der Waals surface area (Å²) < 4.78 is 31.3. The summed E-state index contributed by atoms with van der Waals surface area (Å²) in [6.07, 6.45) is 0. The molecule has 0 aromatic heterocycles. The third-order valence-corrected chi connectivity index (χ3v) is 5.99. The molecule has 2 rings (SSSR count). The summed E-state index contributed by atoms with van der Waals surface area (Å²) in [5.41, 5.74) is 0. The van der Waals surface area contributed by atoms with E-state index in [9.17, 15) is 13.2 Å². The van der Waals surface area contributed by atoms with Crippen LogP contribution in [0.25, 0.3) is 0 Å². The molecule has 0 aliphatic carbocycles. The monoisotopic (exact) mass is 366 g/mol. The number of sulfonamides is 1. The van der Waals surface area contributed by atoms with Crippen molar-refractivity contribution >= 4 is 39.1 Å². The maximum absolute atomic E-state index is 12.6. The molecule has 1 aliphatic rings. The van der Waals surface area contributed by atoms with Crippen molar-refractivity contribution in [2.24, 2.45) is 0 Å². The Balaban J connectivity index is 2.13. The molecule has 0 bridgehead atoms. The lowest BCUT2D eigenvalue weighted by Crippen LogP contribution is -2.51. The number of amides is 1. The highest BCUT2D eigenvalue weighted by Crippen LogP contribution is 2.28. The van der Waals surface area contributed by atoms with Crippen LogP contribution in [0.3, 0.4) is 0 Å². The van der Waals surface area contributed by atoms with Crippen molar-refractivity contribution in [3.8, 4) is 0 Å². The van der Waals surface area contributed by atoms with Crippen LogP contribution < -0.4 is 0 Å². The lowest BCUT2D eigenvalue weighted by molar-refractivity contribution is -0.136. The van der Waals surface area contributed by atoms with E-state index in [1.807, 2.05) is 0 Å². The maximum atomic E-state index is 12.6. The molecule has 122 valence electrons. The fraction of sp³-hybridized carbons (Fsp3) is 0.462. The third kappa shape index (κ3) is 3.72. The molecule has 1 aromatic rings. The van der Waals surface area contributed by atoms with Crippen molar-refractivity contribution in [2.45, 2.75) is 4.90 Å². The highest BCUT2D eigenvalue weighted by atomic mass is 35.5. The summed E-state index contributed by atoms with van der Waals surface area (Å²) in [7, 11) is -2.28. The molecule has 1 saturated heterocycles. The number of hydrogen-bond donors (Lipinski definition) is 0. The fourth-order valence-electron chi connectivity index (χ4n) is 2.21. The lowest BCUT2D eigenvalue weighted by atomic mass is 10.3. The van der Waals surface area contributed by atoms with Gasteiger partial charge in [-0.1, -0.05) is 23.2 Å². The Morgan fingerprint density at radius 1 is 1.23 bits per heavy atom. The van der Waals surface area contributed by atoms with E-state index in [0.717, 1.165) is 0 Å².